The molecule has 2 aromatic rings. The standard InChI is InChI=1S/C17H17BrClN3O2/c18-13-9-20-17(21-10-13)24-14-5-3-7-22(11-14)16(23)8-12-4-1-2-6-15(12)19/h1-2,4,6,9-10,14H,3,5,7-8,11H2/t14-/m0/s1. The van der Waals surface area contributed by atoms with Crippen LogP contribution in [-0.4, -0.2) is 40.0 Å². The Bertz CT molecular complexity index is 711. The molecule has 0 spiro atoms. The summed E-state index contributed by atoms with van der Waals surface area (Å²) >= 11 is 9.43. The SMILES string of the molecule is O=C(Cc1ccccc1Cl)N1CCC[C@H](Oc2ncc(Br)cn2)C1. The molecule has 1 aliphatic rings. The number of carbonyl (C=O) groups is 1. The Morgan fingerprint density at radius 2 is 2.08 bits per heavy atom. The number of hydrogen-bond acceptors (Lipinski definition) is 4. The van der Waals surface area contributed by atoms with Crippen molar-refractivity contribution in [2.45, 2.75) is 25.4 Å². The molecule has 24 heavy (non-hydrogen) atoms. The van der Waals surface area contributed by atoms with E-state index in [1.807, 2.05) is 23.1 Å². The Labute approximate surface area is 154 Å². The second kappa shape index (κ2) is 7.94. The quantitative estimate of drug-likeness (QED) is 0.774. The summed E-state index contributed by atoms with van der Waals surface area (Å²) in [5.41, 5.74) is 0.850. The number of benzene rings is 1. The molecule has 7 heteroatoms. The van der Waals surface area contributed by atoms with Gasteiger partial charge in [-0.05, 0) is 40.4 Å². The van der Waals surface area contributed by atoms with Crippen molar-refractivity contribution in [1.82, 2.24) is 14.9 Å². The molecule has 1 aliphatic heterocycles. The summed E-state index contributed by atoms with van der Waals surface area (Å²) in [6, 6.07) is 7.77. The normalized spacial score (nSPS) is 17.6. The fourth-order valence-electron chi connectivity index (χ4n) is 2.69. The maximum Gasteiger partial charge on any atom is 0.316 e. The van der Waals surface area contributed by atoms with E-state index in [1.165, 1.54) is 0 Å². The molecule has 0 bridgehead atoms. The summed E-state index contributed by atoms with van der Waals surface area (Å²) in [5, 5.41) is 0.624. The number of rotatable bonds is 4. The minimum atomic E-state index is -0.0879. The van der Waals surface area contributed by atoms with Crippen molar-refractivity contribution in [3.8, 4) is 6.01 Å². The highest BCUT2D eigenvalue weighted by molar-refractivity contribution is 9.10. The molecule has 1 atom stereocenters. The third kappa shape index (κ3) is 4.45. The molecule has 3 rings (SSSR count). The van der Waals surface area contributed by atoms with Crippen molar-refractivity contribution in [3.63, 3.8) is 0 Å². The van der Waals surface area contributed by atoms with Gasteiger partial charge in [0, 0.05) is 24.0 Å². The second-order valence-corrected chi connectivity index (χ2v) is 7.00. The Kier molecular flexibility index (Phi) is 5.68. The lowest BCUT2D eigenvalue weighted by molar-refractivity contribution is -0.133. The van der Waals surface area contributed by atoms with Gasteiger partial charge in [-0.2, -0.15) is 0 Å². The van der Waals surface area contributed by atoms with E-state index in [9.17, 15) is 4.79 Å². The van der Waals surface area contributed by atoms with Crippen LogP contribution in [0.25, 0.3) is 0 Å². The minimum absolute atomic E-state index is 0.0631. The van der Waals surface area contributed by atoms with E-state index in [4.69, 9.17) is 16.3 Å². The topological polar surface area (TPSA) is 55.3 Å². The zero-order chi connectivity index (χ0) is 16.9. The van der Waals surface area contributed by atoms with Crippen LogP contribution in [0.2, 0.25) is 5.02 Å². The van der Waals surface area contributed by atoms with Crippen LogP contribution >= 0.6 is 27.5 Å². The average molecular weight is 411 g/mol. The molecule has 0 aliphatic carbocycles. The highest BCUT2D eigenvalue weighted by Crippen LogP contribution is 2.20. The van der Waals surface area contributed by atoms with E-state index in [2.05, 4.69) is 25.9 Å². The van der Waals surface area contributed by atoms with E-state index >= 15 is 0 Å². The summed E-state index contributed by atoms with van der Waals surface area (Å²) < 4.78 is 6.60. The molecule has 2 heterocycles. The van der Waals surface area contributed by atoms with Gasteiger partial charge in [0.05, 0.1) is 17.4 Å². The van der Waals surface area contributed by atoms with Gasteiger partial charge in [-0.1, -0.05) is 29.8 Å². The van der Waals surface area contributed by atoms with Crippen molar-refractivity contribution in [3.05, 3.63) is 51.7 Å². The number of amides is 1. The van der Waals surface area contributed by atoms with Crippen LogP contribution in [0, 0.1) is 0 Å². The Balaban J connectivity index is 1.59. The highest BCUT2D eigenvalue weighted by Gasteiger charge is 2.25. The van der Waals surface area contributed by atoms with Gasteiger partial charge in [0.15, 0.2) is 0 Å². The monoisotopic (exact) mass is 409 g/mol. The highest BCUT2D eigenvalue weighted by atomic mass is 79.9. The molecule has 1 amide bonds. The van der Waals surface area contributed by atoms with E-state index in [0.717, 1.165) is 29.4 Å². The predicted molar refractivity (Wildman–Crippen MR) is 95.1 cm³/mol. The fourth-order valence-corrected chi connectivity index (χ4v) is 3.10. The molecular formula is C17H17BrClN3O2. The first kappa shape index (κ1) is 17.2. The molecule has 126 valence electrons. The first-order valence-electron chi connectivity index (χ1n) is 7.77. The Hall–Kier alpha value is -1.66. The van der Waals surface area contributed by atoms with Crippen LogP contribution < -0.4 is 4.74 Å². The largest absolute Gasteiger partial charge is 0.458 e. The number of halogens is 2. The number of ether oxygens (including phenoxy) is 1. The van der Waals surface area contributed by atoms with Gasteiger partial charge in [-0.15, -0.1) is 0 Å². The Morgan fingerprint density at radius 1 is 1.33 bits per heavy atom. The van der Waals surface area contributed by atoms with Crippen molar-refractivity contribution in [1.29, 1.82) is 0 Å². The molecule has 0 radical (unpaired) electrons. The van der Waals surface area contributed by atoms with Crippen molar-refractivity contribution >= 4 is 33.4 Å². The summed E-state index contributed by atoms with van der Waals surface area (Å²) in [4.78, 5) is 22.6. The molecule has 5 nitrogen and oxygen atoms in total. The zero-order valence-electron chi connectivity index (χ0n) is 13.0. The van der Waals surface area contributed by atoms with Crippen LogP contribution in [0.3, 0.4) is 0 Å². The molecule has 0 saturated carbocycles. The van der Waals surface area contributed by atoms with Gasteiger partial charge in [0.2, 0.25) is 5.91 Å². The maximum atomic E-state index is 12.5. The first-order chi connectivity index (χ1) is 11.6. The molecule has 1 aromatic carbocycles. The number of nitrogens with zero attached hydrogens (tertiary/aromatic N) is 3. The molecular weight excluding hydrogens is 394 g/mol. The molecule has 1 fully saturated rings. The summed E-state index contributed by atoms with van der Waals surface area (Å²) in [7, 11) is 0. The number of likely N-dealkylation sites (tertiary alicyclic amines) is 1. The average Bonchev–Trinajstić information content (AvgIpc) is 2.59. The van der Waals surface area contributed by atoms with Crippen molar-refractivity contribution in [2.75, 3.05) is 13.1 Å². The zero-order valence-corrected chi connectivity index (χ0v) is 15.3. The van der Waals surface area contributed by atoms with Gasteiger partial charge < -0.3 is 9.64 Å². The summed E-state index contributed by atoms with van der Waals surface area (Å²) in [6.07, 6.45) is 5.29. The lowest BCUT2D eigenvalue weighted by atomic mass is 10.1. The number of aromatic nitrogens is 2. The number of carbonyl (C=O) groups excluding carboxylic acids is 1. The van der Waals surface area contributed by atoms with Gasteiger partial charge in [-0.3, -0.25) is 4.79 Å². The molecule has 0 N–H and O–H groups in total. The van der Waals surface area contributed by atoms with E-state index in [1.54, 1.807) is 18.5 Å². The van der Waals surface area contributed by atoms with Gasteiger partial charge in [0.1, 0.15) is 6.10 Å². The molecule has 1 saturated heterocycles. The van der Waals surface area contributed by atoms with Crippen molar-refractivity contribution < 1.29 is 9.53 Å². The van der Waals surface area contributed by atoms with Crippen LogP contribution in [0.15, 0.2) is 41.1 Å². The third-order valence-electron chi connectivity index (χ3n) is 3.90. The third-order valence-corrected chi connectivity index (χ3v) is 4.68. The van der Waals surface area contributed by atoms with Crippen LogP contribution in [0.1, 0.15) is 18.4 Å². The maximum absolute atomic E-state index is 12.5. The fraction of sp³-hybridized carbons (Fsp3) is 0.353. The number of hydrogen-bond donors (Lipinski definition) is 0. The van der Waals surface area contributed by atoms with Gasteiger partial charge in [0.25, 0.3) is 0 Å². The van der Waals surface area contributed by atoms with Crippen LogP contribution in [-0.2, 0) is 11.2 Å². The lowest BCUT2D eigenvalue weighted by Crippen LogP contribution is -2.45. The van der Waals surface area contributed by atoms with E-state index in [0.29, 0.717) is 24.0 Å². The molecule has 1 aromatic heterocycles. The van der Waals surface area contributed by atoms with Crippen LogP contribution in [0.4, 0.5) is 0 Å². The summed E-state index contributed by atoms with van der Waals surface area (Å²) in [6.45, 7) is 1.28. The lowest BCUT2D eigenvalue weighted by Gasteiger charge is -2.32. The second-order valence-electron chi connectivity index (χ2n) is 5.67. The molecule has 0 unspecified atom stereocenters. The predicted octanol–water partition coefficient (Wildman–Crippen LogP) is 3.51. The number of piperidine rings is 1. The van der Waals surface area contributed by atoms with Crippen molar-refractivity contribution in [2.24, 2.45) is 0 Å². The van der Waals surface area contributed by atoms with E-state index < -0.39 is 0 Å². The van der Waals surface area contributed by atoms with Crippen LogP contribution in [0.5, 0.6) is 6.01 Å². The summed E-state index contributed by atoms with van der Waals surface area (Å²) in [5.74, 6) is 0.0631. The first-order valence-corrected chi connectivity index (χ1v) is 8.94. The minimum Gasteiger partial charge on any atom is -0.458 e. The van der Waals surface area contributed by atoms with Gasteiger partial charge in [-0.25, -0.2) is 9.97 Å². The van der Waals surface area contributed by atoms with E-state index in [-0.39, 0.29) is 12.0 Å². The van der Waals surface area contributed by atoms with Gasteiger partial charge >= 0.3 is 6.01 Å². The Morgan fingerprint density at radius 3 is 2.83 bits per heavy atom. The smallest absolute Gasteiger partial charge is 0.316 e.